The normalized spacial score (nSPS) is 23.9. The van der Waals surface area contributed by atoms with Crippen molar-refractivity contribution in [3.05, 3.63) is 0 Å². The number of ether oxygens (including phenoxy) is 1. The van der Waals surface area contributed by atoms with Crippen LogP contribution in [0.5, 0.6) is 0 Å². The highest BCUT2D eigenvalue weighted by Crippen LogP contribution is 2.20. The number of nitrogens with zero attached hydrogens (tertiary/aromatic N) is 1. The maximum atomic E-state index is 11.9. The summed E-state index contributed by atoms with van der Waals surface area (Å²) in [7, 11) is 1.84. The van der Waals surface area contributed by atoms with Crippen molar-refractivity contribution in [2.75, 3.05) is 20.1 Å². The molecule has 1 heterocycles. The maximum Gasteiger partial charge on any atom is 0.251 e. The molecule has 2 atom stereocenters. The lowest BCUT2D eigenvalue weighted by atomic mass is 10.2. The molecule has 1 saturated heterocycles. The molecule has 16 heavy (non-hydrogen) atoms. The lowest BCUT2D eigenvalue weighted by Crippen LogP contribution is -2.37. The van der Waals surface area contributed by atoms with Gasteiger partial charge in [-0.05, 0) is 19.3 Å². The Labute approximate surface area is 104 Å². The lowest BCUT2D eigenvalue weighted by Gasteiger charge is -2.20. The Bertz CT molecular complexity index is 214. The minimum absolute atomic E-state index is 0. The van der Waals surface area contributed by atoms with Crippen LogP contribution < -0.4 is 5.73 Å². The van der Waals surface area contributed by atoms with E-state index in [0.717, 1.165) is 32.2 Å². The van der Waals surface area contributed by atoms with E-state index < -0.39 is 0 Å². The average molecular weight is 251 g/mol. The van der Waals surface area contributed by atoms with Crippen LogP contribution in [-0.2, 0) is 9.53 Å². The Morgan fingerprint density at radius 1 is 1.50 bits per heavy atom. The Balaban J connectivity index is 0.00000225. The second-order valence-corrected chi connectivity index (χ2v) is 4.17. The van der Waals surface area contributed by atoms with E-state index in [1.807, 2.05) is 7.05 Å². The van der Waals surface area contributed by atoms with E-state index in [9.17, 15) is 4.79 Å². The molecule has 0 aromatic carbocycles. The van der Waals surface area contributed by atoms with Crippen molar-refractivity contribution in [1.82, 2.24) is 4.90 Å². The molecule has 0 bridgehead atoms. The summed E-state index contributed by atoms with van der Waals surface area (Å²) in [6.07, 6.45) is 3.72. The average Bonchev–Trinajstić information content (AvgIpc) is 2.73. The Kier molecular flexibility index (Phi) is 7.72. The first-order valence-electron chi connectivity index (χ1n) is 5.79. The Morgan fingerprint density at radius 3 is 2.69 bits per heavy atom. The molecule has 0 saturated carbocycles. The quantitative estimate of drug-likeness (QED) is 0.797. The van der Waals surface area contributed by atoms with Crippen molar-refractivity contribution in [1.29, 1.82) is 0 Å². The molecular weight excluding hydrogens is 228 g/mol. The number of unbranched alkanes of at least 4 members (excludes halogenated alkanes) is 1. The van der Waals surface area contributed by atoms with Crippen molar-refractivity contribution in [3.8, 4) is 0 Å². The van der Waals surface area contributed by atoms with Crippen molar-refractivity contribution >= 4 is 18.3 Å². The van der Waals surface area contributed by atoms with Crippen molar-refractivity contribution in [2.24, 2.45) is 5.73 Å². The topological polar surface area (TPSA) is 55.6 Å². The van der Waals surface area contributed by atoms with Crippen LogP contribution in [0.4, 0.5) is 0 Å². The summed E-state index contributed by atoms with van der Waals surface area (Å²) in [6.45, 7) is 3.46. The fourth-order valence-electron chi connectivity index (χ4n) is 1.81. The summed E-state index contributed by atoms with van der Waals surface area (Å²) in [5, 5.41) is 0. The molecule has 5 heteroatoms. The van der Waals surface area contributed by atoms with Gasteiger partial charge in [-0.3, -0.25) is 4.79 Å². The highest BCUT2D eigenvalue weighted by molar-refractivity contribution is 5.85. The standard InChI is InChI=1S/C11H22N2O2.ClH/c1-3-4-7-13(2)11(14)10-6-5-9(8-12)15-10;/h9-10H,3-8,12H2,1-2H3;1H/t9-,10+;/m1./s1. The monoisotopic (exact) mass is 250 g/mol. The Morgan fingerprint density at radius 2 is 2.19 bits per heavy atom. The zero-order chi connectivity index (χ0) is 11.3. The van der Waals surface area contributed by atoms with E-state index in [1.54, 1.807) is 4.90 Å². The molecular formula is C11H23ClN2O2. The minimum atomic E-state index is -0.250. The van der Waals surface area contributed by atoms with Crippen LogP contribution in [-0.4, -0.2) is 43.2 Å². The van der Waals surface area contributed by atoms with Gasteiger partial charge in [0.2, 0.25) is 0 Å². The number of amides is 1. The van der Waals surface area contributed by atoms with Gasteiger partial charge in [0, 0.05) is 20.1 Å². The molecule has 4 nitrogen and oxygen atoms in total. The molecule has 1 amide bonds. The van der Waals surface area contributed by atoms with E-state index in [-0.39, 0.29) is 30.5 Å². The molecule has 96 valence electrons. The molecule has 2 N–H and O–H groups in total. The summed E-state index contributed by atoms with van der Waals surface area (Å²) < 4.78 is 5.56. The molecule has 0 aromatic rings. The summed E-state index contributed by atoms with van der Waals surface area (Å²) in [4.78, 5) is 13.6. The minimum Gasteiger partial charge on any atom is -0.364 e. The number of rotatable bonds is 5. The van der Waals surface area contributed by atoms with Gasteiger partial charge < -0.3 is 15.4 Å². The summed E-state index contributed by atoms with van der Waals surface area (Å²) in [6, 6.07) is 0. The number of likely N-dealkylation sites (N-methyl/N-ethyl adjacent to an activating group) is 1. The van der Waals surface area contributed by atoms with Gasteiger partial charge >= 0.3 is 0 Å². The van der Waals surface area contributed by atoms with Crippen molar-refractivity contribution < 1.29 is 9.53 Å². The van der Waals surface area contributed by atoms with E-state index in [4.69, 9.17) is 10.5 Å². The van der Waals surface area contributed by atoms with Crippen LogP contribution in [0.2, 0.25) is 0 Å². The first kappa shape index (κ1) is 15.7. The van der Waals surface area contributed by atoms with Gasteiger partial charge in [0.25, 0.3) is 5.91 Å². The van der Waals surface area contributed by atoms with E-state index in [0.29, 0.717) is 6.54 Å². The van der Waals surface area contributed by atoms with E-state index in [2.05, 4.69) is 6.92 Å². The van der Waals surface area contributed by atoms with Gasteiger partial charge in [-0.25, -0.2) is 0 Å². The predicted molar refractivity (Wildman–Crippen MR) is 66.7 cm³/mol. The van der Waals surface area contributed by atoms with E-state index in [1.165, 1.54) is 0 Å². The second kappa shape index (κ2) is 7.87. The van der Waals surface area contributed by atoms with Crippen LogP contribution in [0, 0.1) is 0 Å². The number of halogens is 1. The summed E-state index contributed by atoms with van der Waals surface area (Å²) >= 11 is 0. The van der Waals surface area contributed by atoms with Crippen LogP contribution in [0.25, 0.3) is 0 Å². The van der Waals surface area contributed by atoms with Gasteiger partial charge in [0.05, 0.1) is 6.10 Å². The molecule has 1 fully saturated rings. The van der Waals surface area contributed by atoms with Gasteiger partial charge in [-0.2, -0.15) is 0 Å². The number of nitrogens with two attached hydrogens (primary N) is 1. The lowest BCUT2D eigenvalue weighted by molar-refractivity contribution is -0.141. The fourth-order valence-corrected chi connectivity index (χ4v) is 1.81. The number of carbonyl (C=O) groups is 1. The second-order valence-electron chi connectivity index (χ2n) is 4.17. The number of hydrogen-bond acceptors (Lipinski definition) is 3. The Hall–Kier alpha value is -0.320. The van der Waals surface area contributed by atoms with Gasteiger partial charge in [0.1, 0.15) is 6.10 Å². The van der Waals surface area contributed by atoms with Gasteiger partial charge in [-0.15, -0.1) is 12.4 Å². The number of carbonyl (C=O) groups excluding carboxylic acids is 1. The van der Waals surface area contributed by atoms with E-state index >= 15 is 0 Å². The maximum absolute atomic E-state index is 11.9. The largest absolute Gasteiger partial charge is 0.364 e. The smallest absolute Gasteiger partial charge is 0.251 e. The summed E-state index contributed by atoms with van der Waals surface area (Å²) in [5.41, 5.74) is 5.50. The number of hydrogen-bond donors (Lipinski definition) is 1. The molecule has 0 unspecified atom stereocenters. The third kappa shape index (κ3) is 4.28. The zero-order valence-electron chi connectivity index (χ0n) is 10.1. The van der Waals surface area contributed by atoms with Crippen LogP contribution in [0.1, 0.15) is 32.6 Å². The van der Waals surface area contributed by atoms with Crippen molar-refractivity contribution in [3.63, 3.8) is 0 Å². The molecule has 0 spiro atoms. The summed E-state index contributed by atoms with van der Waals surface area (Å²) in [5.74, 6) is 0.111. The van der Waals surface area contributed by atoms with Gasteiger partial charge in [-0.1, -0.05) is 13.3 Å². The highest BCUT2D eigenvalue weighted by atomic mass is 35.5. The SMILES string of the molecule is CCCCN(C)C(=O)[C@@H]1CC[C@H](CN)O1.Cl. The molecule has 1 aliphatic heterocycles. The first-order valence-corrected chi connectivity index (χ1v) is 5.79. The highest BCUT2D eigenvalue weighted by Gasteiger charge is 2.31. The molecule has 1 rings (SSSR count). The fraction of sp³-hybridized carbons (Fsp3) is 0.909. The zero-order valence-corrected chi connectivity index (χ0v) is 11.0. The third-order valence-corrected chi connectivity index (χ3v) is 2.87. The first-order chi connectivity index (χ1) is 7.19. The molecule has 1 aliphatic rings. The van der Waals surface area contributed by atoms with Crippen LogP contribution in [0.3, 0.4) is 0 Å². The predicted octanol–water partition coefficient (Wildman–Crippen LogP) is 1.17. The van der Waals surface area contributed by atoms with Crippen molar-refractivity contribution in [2.45, 2.75) is 44.8 Å². The molecule has 0 aromatic heterocycles. The van der Waals surface area contributed by atoms with Gasteiger partial charge in [0.15, 0.2) is 0 Å². The molecule has 0 aliphatic carbocycles. The van der Waals surface area contributed by atoms with Crippen LogP contribution >= 0.6 is 12.4 Å². The molecule has 0 radical (unpaired) electrons. The third-order valence-electron chi connectivity index (χ3n) is 2.87. The van der Waals surface area contributed by atoms with Crippen LogP contribution in [0.15, 0.2) is 0 Å².